The fourth-order valence-electron chi connectivity index (χ4n) is 1.78. The first-order valence-corrected chi connectivity index (χ1v) is 5.38. The summed E-state index contributed by atoms with van der Waals surface area (Å²) in [5.41, 5.74) is 0.708. The molecule has 5 nitrogen and oxygen atoms in total. The van der Waals surface area contributed by atoms with Gasteiger partial charge in [-0.3, -0.25) is 19.8 Å². The number of hydrogen-bond acceptors (Lipinski definition) is 3. The molecule has 0 aliphatic carbocycles. The summed E-state index contributed by atoms with van der Waals surface area (Å²) in [7, 11) is 0. The molecular formula is C12H13N3O2. The molecule has 5 heteroatoms. The zero-order valence-electron chi connectivity index (χ0n) is 9.48. The summed E-state index contributed by atoms with van der Waals surface area (Å²) in [5, 5.41) is 12.8. The fourth-order valence-corrected chi connectivity index (χ4v) is 1.78. The Bertz CT molecular complexity index is 508. The molecule has 1 aromatic carbocycles. The number of benzene rings is 1. The molecule has 0 saturated carbocycles. The van der Waals surface area contributed by atoms with Gasteiger partial charge in [-0.1, -0.05) is 12.1 Å². The largest absolute Gasteiger partial charge is 0.294 e. The van der Waals surface area contributed by atoms with Crippen molar-refractivity contribution in [3.63, 3.8) is 0 Å². The minimum Gasteiger partial charge on any atom is -0.275 e. The predicted molar refractivity (Wildman–Crippen MR) is 65.9 cm³/mol. The second kappa shape index (κ2) is 4.69. The molecule has 0 amide bonds. The van der Waals surface area contributed by atoms with Crippen LogP contribution in [0.25, 0.3) is 0 Å². The zero-order valence-corrected chi connectivity index (χ0v) is 9.48. The van der Waals surface area contributed by atoms with Gasteiger partial charge in [0, 0.05) is 25.0 Å². The molecular weight excluding hydrogens is 218 g/mol. The van der Waals surface area contributed by atoms with Gasteiger partial charge in [0.25, 0.3) is 5.69 Å². The summed E-state index contributed by atoms with van der Waals surface area (Å²) >= 11 is 0. The molecule has 88 valence electrons. The lowest BCUT2D eigenvalue weighted by Crippen LogP contribution is -2.28. The maximum Gasteiger partial charge on any atom is 0.294 e. The molecule has 0 unspecified atom stereocenters. The van der Waals surface area contributed by atoms with Crippen LogP contribution in [0.5, 0.6) is 0 Å². The highest BCUT2D eigenvalue weighted by molar-refractivity contribution is 5.62. The molecule has 0 spiro atoms. The topological polar surface area (TPSA) is 51.3 Å². The Morgan fingerprint density at radius 1 is 1.24 bits per heavy atom. The molecule has 0 atom stereocenters. The van der Waals surface area contributed by atoms with E-state index in [0.29, 0.717) is 12.2 Å². The van der Waals surface area contributed by atoms with Crippen LogP contribution in [-0.2, 0) is 0 Å². The van der Waals surface area contributed by atoms with Gasteiger partial charge in [-0.25, -0.2) is 0 Å². The number of nitro groups is 1. The number of nitrogens with zero attached hydrogens (tertiary/aromatic N) is 3. The zero-order chi connectivity index (χ0) is 12.3. The Morgan fingerprint density at radius 2 is 1.88 bits per heavy atom. The third-order valence-corrected chi connectivity index (χ3v) is 2.52. The van der Waals surface area contributed by atoms with E-state index in [-0.39, 0.29) is 10.6 Å². The van der Waals surface area contributed by atoms with E-state index in [1.165, 1.54) is 6.07 Å². The number of anilines is 1. The molecule has 0 aliphatic heterocycles. The standard InChI is InChI=1S/C12H13N3O2/c1-2-14(13-9-5-6-10-13)11-7-3-4-8-12(11)15(16)17/h3-10H,2H2,1H3. The first-order chi connectivity index (χ1) is 8.24. The van der Waals surface area contributed by atoms with Gasteiger partial charge in [0.2, 0.25) is 0 Å². The van der Waals surface area contributed by atoms with Crippen LogP contribution >= 0.6 is 0 Å². The van der Waals surface area contributed by atoms with E-state index in [0.717, 1.165) is 0 Å². The minimum absolute atomic E-state index is 0.114. The normalized spacial score (nSPS) is 10.2. The van der Waals surface area contributed by atoms with E-state index in [4.69, 9.17) is 0 Å². The number of para-hydroxylation sites is 2. The Kier molecular flexibility index (Phi) is 3.09. The van der Waals surface area contributed by atoms with Gasteiger partial charge in [0.1, 0.15) is 5.69 Å². The highest BCUT2D eigenvalue weighted by Gasteiger charge is 2.18. The van der Waals surface area contributed by atoms with Gasteiger partial charge < -0.3 is 0 Å². The van der Waals surface area contributed by atoms with Gasteiger partial charge in [0.05, 0.1) is 4.92 Å². The van der Waals surface area contributed by atoms with Crippen molar-refractivity contribution >= 4 is 11.4 Å². The van der Waals surface area contributed by atoms with Crippen molar-refractivity contribution in [2.75, 3.05) is 11.6 Å². The van der Waals surface area contributed by atoms with Gasteiger partial charge in [-0.15, -0.1) is 0 Å². The highest BCUT2D eigenvalue weighted by Crippen LogP contribution is 2.27. The smallest absolute Gasteiger partial charge is 0.275 e. The van der Waals surface area contributed by atoms with Gasteiger partial charge >= 0.3 is 0 Å². The maximum absolute atomic E-state index is 11.0. The molecule has 0 aliphatic rings. The van der Waals surface area contributed by atoms with Crippen LogP contribution in [0.4, 0.5) is 11.4 Å². The Labute approximate surface area is 99.0 Å². The van der Waals surface area contributed by atoms with Crippen molar-refractivity contribution < 1.29 is 4.92 Å². The Balaban J connectivity index is 2.48. The second-order valence-corrected chi connectivity index (χ2v) is 3.52. The average molecular weight is 231 g/mol. The molecule has 17 heavy (non-hydrogen) atoms. The van der Waals surface area contributed by atoms with E-state index < -0.39 is 0 Å². The molecule has 2 rings (SSSR count). The molecule has 2 aromatic rings. The first-order valence-electron chi connectivity index (χ1n) is 5.38. The van der Waals surface area contributed by atoms with Crippen LogP contribution in [0.2, 0.25) is 0 Å². The summed E-state index contributed by atoms with van der Waals surface area (Å²) < 4.78 is 1.84. The summed E-state index contributed by atoms with van der Waals surface area (Å²) in [6.07, 6.45) is 3.72. The van der Waals surface area contributed by atoms with E-state index in [1.54, 1.807) is 18.2 Å². The third kappa shape index (κ3) is 2.13. The van der Waals surface area contributed by atoms with Crippen molar-refractivity contribution in [1.29, 1.82) is 0 Å². The van der Waals surface area contributed by atoms with Crippen LogP contribution in [0, 0.1) is 10.1 Å². The van der Waals surface area contributed by atoms with Crippen LogP contribution in [-0.4, -0.2) is 16.1 Å². The summed E-state index contributed by atoms with van der Waals surface area (Å²) in [6.45, 7) is 2.61. The van der Waals surface area contributed by atoms with Crippen molar-refractivity contribution in [3.05, 3.63) is 58.9 Å². The highest BCUT2D eigenvalue weighted by atomic mass is 16.6. The van der Waals surface area contributed by atoms with Crippen molar-refractivity contribution in [2.24, 2.45) is 0 Å². The summed E-state index contributed by atoms with van der Waals surface area (Å²) in [6, 6.07) is 10.5. The third-order valence-electron chi connectivity index (χ3n) is 2.52. The number of rotatable bonds is 4. The predicted octanol–water partition coefficient (Wildman–Crippen LogP) is 2.69. The molecule has 0 bridgehead atoms. The average Bonchev–Trinajstić information content (AvgIpc) is 2.84. The van der Waals surface area contributed by atoms with E-state index >= 15 is 0 Å². The van der Waals surface area contributed by atoms with Gasteiger partial charge in [-0.05, 0) is 25.1 Å². The Hall–Kier alpha value is -2.30. The van der Waals surface area contributed by atoms with Gasteiger partial charge in [0.15, 0.2) is 0 Å². The van der Waals surface area contributed by atoms with Crippen molar-refractivity contribution in [2.45, 2.75) is 6.92 Å². The van der Waals surface area contributed by atoms with Crippen LogP contribution in [0.15, 0.2) is 48.8 Å². The summed E-state index contributed by atoms with van der Waals surface area (Å²) in [4.78, 5) is 10.6. The number of aromatic nitrogens is 1. The molecule has 0 N–H and O–H groups in total. The molecule has 1 aromatic heterocycles. The number of nitro benzene ring substituents is 1. The van der Waals surface area contributed by atoms with Gasteiger partial charge in [-0.2, -0.15) is 0 Å². The molecule has 0 saturated heterocycles. The van der Waals surface area contributed by atoms with E-state index in [2.05, 4.69) is 0 Å². The maximum atomic E-state index is 11.0. The van der Waals surface area contributed by atoms with Crippen molar-refractivity contribution in [1.82, 2.24) is 4.68 Å². The lowest BCUT2D eigenvalue weighted by atomic mass is 10.2. The SMILES string of the molecule is CCN(c1ccccc1[N+](=O)[O-])n1cccc1. The number of hydrogen-bond donors (Lipinski definition) is 0. The molecule has 1 heterocycles. The molecule has 0 fully saturated rings. The van der Waals surface area contributed by atoms with Crippen LogP contribution in [0.1, 0.15) is 6.92 Å². The van der Waals surface area contributed by atoms with E-state index in [1.807, 2.05) is 41.1 Å². The van der Waals surface area contributed by atoms with Crippen LogP contribution in [0.3, 0.4) is 0 Å². The molecule has 0 radical (unpaired) electrons. The second-order valence-electron chi connectivity index (χ2n) is 3.52. The fraction of sp³-hybridized carbons (Fsp3) is 0.167. The van der Waals surface area contributed by atoms with Crippen LogP contribution < -0.4 is 5.01 Å². The Morgan fingerprint density at radius 3 is 2.47 bits per heavy atom. The minimum atomic E-state index is -0.360. The monoisotopic (exact) mass is 231 g/mol. The van der Waals surface area contributed by atoms with Crippen molar-refractivity contribution in [3.8, 4) is 0 Å². The summed E-state index contributed by atoms with van der Waals surface area (Å²) in [5.74, 6) is 0. The quantitative estimate of drug-likeness (QED) is 0.600. The lowest BCUT2D eigenvalue weighted by Gasteiger charge is -2.23. The lowest BCUT2D eigenvalue weighted by molar-refractivity contribution is -0.384. The first kappa shape index (κ1) is 11.2. The van der Waals surface area contributed by atoms with E-state index in [9.17, 15) is 10.1 Å².